The predicted molar refractivity (Wildman–Crippen MR) is 103 cm³/mol. The summed E-state index contributed by atoms with van der Waals surface area (Å²) < 4.78 is 15.1. The van der Waals surface area contributed by atoms with Crippen molar-refractivity contribution in [3.63, 3.8) is 0 Å². The van der Waals surface area contributed by atoms with E-state index in [9.17, 15) is 14.0 Å². The number of hydrogen-bond acceptors (Lipinski definition) is 6. The lowest BCUT2D eigenvalue weighted by Crippen LogP contribution is -2.35. The average Bonchev–Trinajstić information content (AvgIpc) is 3.12. The van der Waals surface area contributed by atoms with Gasteiger partial charge in [0.05, 0.1) is 17.1 Å². The molecule has 0 saturated heterocycles. The van der Waals surface area contributed by atoms with Gasteiger partial charge >= 0.3 is 6.03 Å². The number of thioether (sulfide) groups is 1. The number of amides is 3. The summed E-state index contributed by atoms with van der Waals surface area (Å²) in [6, 6.07) is 10.7. The van der Waals surface area contributed by atoms with Gasteiger partial charge in [0, 0.05) is 0 Å². The minimum absolute atomic E-state index is 0.0145. The van der Waals surface area contributed by atoms with E-state index in [4.69, 9.17) is 0 Å². The van der Waals surface area contributed by atoms with Crippen LogP contribution >= 0.6 is 11.8 Å². The molecule has 3 rings (SSSR count). The maximum atomic E-state index is 13.5. The third-order valence-electron chi connectivity index (χ3n) is 3.74. The van der Waals surface area contributed by atoms with Crippen LogP contribution in [-0.4, -0.2) is 37.9 Å². The van der Waals surface area contributed by atoms with Crippen LogP contribution in [0.25, 0.3) is 5.69 Å². The second-order valence-electron chi connectivity index (χ2n) is 5.93. The molecule has 0 atom stereocenters. The van der Waals surface area contributed by atoms with Gasteiger partial charge in [-0.3, -0.25) is 10.1 Å². The number of aryl methyl sites for hydroxylation is 2. The number of aromatic nitrogens is 4. The van der Waals surface area contributed by atoms with Crippen molar-refractivity contribution in [3.05, 3.63) is 59.4 Å². The van der Waals surface area contributed by atoms with E-state index in [2.05, 4.69) is 26.2 Å². The van der Waals surface area contributed by atoms with E-state index in [1.165, 1.54) is 18.2 Å². The van der Waals surface area contributed by atoms with Gasteiger partial charge in [-0.25, -0.2) is 9.18 Å². The highest BCUT2D eigenvalue weighted by atomic mass is 32.2. The molecule has 1 heterocycles. The van der Waals surface area contributed by atoms with Gasteiger partial charge < -0.3 is 5.32 Å². The van der Waals surface area contributed by atoms with Gasteiger partial charge in [-0.1, -0.05) is 36.0 Å². The number of halogens is 1. The van der Waals surface area contributed by atoms with Crippen LogP contribution in [0.4, 0.5) is 14.9 Å². The van der Waals surface area contributed by atoms with Crippen LogP contribution in [0.2, 0.25) is 0 Å². The molecule has 0 radical (unpaired) electrons. The first-order chi connectivity index (χ1) is 13.4. The predicted octanol–water partition coefficient (Wildman–Crippen LogP) is 2.86. The fourth-order valence-corrected chi connectivity index (χ4v) is 3.06. The van der Waals surface area contributed by atoms with Crippen molar-refractivity contribution >= 4 is 29.4 Å². The van der Waals surface area contributed by atoms with Crippen molar-refractivity contribution in [2.75, 3.05) is 11.1 Å². The standard InChI is InChI=1S/C18H17FN6O2S/c1-11-7-8-12(2)15(9-11)25-18(22-23-24-25)28-10-16(26)21-17(27)20-14-6-4-3-5-13(14)19/h3-9H,10H2,1-2H3,(H2,20,21,26,27). The Labute approximate surface area is 164 Å². The van der Waals surface area contributed by atoms with Crippen LogP contribution in [0, 0.1) is 19.7 Å². The largest absolute Gasteiger partial charge is 0.325 e. The van der Waals surface area contributed by atoms with Crippen molar-refractivity contribution in [1.29, 1.82) is 0 Å². The Balaban J connectivity index is 1.60. The highest BCUT2D eigenvalue weighted by molar-refractivity contribution is 7.99. The molecular formula is C18H17FN6O2S. The van der Waals surface area contributed by atoms with E-state index in [-0.39, 0.29) is 11.4 Å². The first kappa shape index (κ1) is 19.5. The number of benzene rings is 2. The Kier molecular flexibility index (Phi) is 5.99. The van der Waals surface area contributed by atoms with Gasteiger partial charge in [0.25, 0.3) is 0 Å². The number of nitrogens with zero attached hydrogens (tertiary/aromatic N) is 4. The molecule has 144 valence electrons. The maximum absolute atomic E-state index is 13.5. The number of hydrogen-bond donors (Lipinski definition) is 2. The Morgan fingerprint density at radius 1 is 1.18 bits per heavy atom. The molecule has 0 spiro atoms. The lowest BCUT2D eigenvalue weighted by atomic mass is 10.1. The Bertz CT molecular complexity index is 1020. The molecule has 2 N–H and O–H groups in total. The van der Waals surface area contributed by atoms with E-state index in [0.717, 1.165) is 28.6 Å². The van der Waals surface area contributed by atoms with Crippen LogP contribution in [0.3, 0.4) is 0 Å². The van der Waals surface area contributed by atoms with Crippen LogP contribution < -0.4 is 10.6 Å². The molecule has 3 aromatic rings. The van der Waals surface area contributed by atoms with Gasteiger partial charge in [-0.15, -0.1) is 5.10 Å². The number of tetrazole rings is 1. The second kappa shape index (κ2) is 8.61. The highest BCUT2D eigenvalue weighted by Gasteiger charge is 2.15. The first-order valence-corrected chi connectivity index (χ1v) is 9.27. The van der Waals surface area contributed by atoms with E-state index >= 15 is 0 Å². The monoisotopic (exact) mass is 400 g/mol. The summed E-state index contributed by atoms with van der Waals surface area (Å²) in [6.07, 6.45) is 0. The SMILES string of the molecule is Cc1ccc(C)c(-n2nnnc2SCC(=O)NC(=O)Nc2ccccc2F)c1. The lowest BCUT2D eigenvalue weighted by Gasteiger charge is -2.09. The molecule has 0 aliphatic heterocycles. The molecule has 0 saturated carbocycles. The molecule has 1 aromatic heterocycles. The molecule has 28 heavy (non-hydrogen) atoms. The van der Waals surface area contributed by atoms with E-state index in [1.807, 2.05) is 32.0 Å². The number of para-hydroxylation sites is 1. The zero-order valence-electron chi connectivity index (χ0n) is 15.1. The number of rotatable bonds is 5. The van der Waals surface area contributed by atoms with Gasteiger partial charge in [-0.05, 0) is 53.6 Å². The molecule has 8 nitrogen and oxygen atoms in total. The molecule has 3 amide bonds. The van der Waals surface area contributed by atoms with Crippen LogP contribution in [0.1, 0.15) is 11.1 Å². The van der Waals surface area contributed by atoms with Gasteiger partial charge in [0.1, 0.15) is 5.82 Å². The van der Waals surface area contributed by atoms with Crippen LogP contribution in [0.5, 0.6) is 0 Å². The highest BCUT2D eigenvalue weighted by Crippen LogP contribution is 2.21. The van der Waals surface area contributed by atoms with Crippen LogP contribution in [-0.2, 0) is 4.79 Å². The minimum atomic E-state index is -0.815. The van der Waals surface area contributed by atoms with Crippen LogP contribution in [0.15, 0.2) is 47.6 Å². The summed E-state index contributed by atoms with van der Waals surface area (Å²) in [4.78, 5) is 23.9. The van der Waals surface area contributed by atoms with Crippen molar-refractivity contribution < 1.29 is 14.0 Å². The lowest BCUT2D eigenvalue weighted by molar-refractivity contribution is -0.117. The first-order valence-electron chi connectivity index (χ1n) is 8.28. The summed E-state index contributed by atoms with van der Waals surface area (Å²) in [5, 5.41) is 16.4. The van der Waals surface area contributed by atoms with Gasteiger partial charge in [-0.2, -0.15) is 4.68 Å². The molecule has 0 bridgehead atoms. The van der Waals surface area contributed by atoms with Crippen molar-refractivity contribution in [1.82, 2.24) is 25.5 Å². The molecule has 2 aromatic carbocycles. The number of imide groups is 1. The number of urea groups is 1. The fraction of sp³-hybridized carbons (Fsp3) is 0.167. The van der Waals surface area contributed by atoms with Crippen molar-refractivity contribution in [2.24, 2.45) is 0 Å². The van der Waals surface area contributed by atoms with E-state index in [1.54, 1.807) is 10.7 Å². The van der Waals surface area contributed by atoms with Crippen molar-refractivity contribution in [3.8, 4) is 5.69 Å². The number of anilines is 1. The topological polar surface area (TPSA) is 102 Å². The summed E-state index contributed by atoms with van der Waals surface area (Å²) in [5.74, 6) is -1.24. The second-order valence-corrected chi connectivity index (χ2v) is 6.88. The number of carbonyl (C=O) groups excluding carboxylic acids is 2. The summed E-state index contributed by atoms with van der Waals surface area (Å²) in [7, 11) is 0. The molecule has 0 unspecified atom stereocenters. The molecule has 0 fully saturated rings. The molecule has 0 aliphatic rings. The van der Waals surface area contributed by atoms with Crippen molar-refractivity contribution in [2.45, 2.75) is 19.0 Å². The quantitative estimate of drug-likeness (QED) is 0.639. The number of carbonyl (C=O) groups is 2. The van der Waals surface area contributed by atoms with E-state index in [0.29, 0.717) is 5.16 Å². The average molecular weight is 400 g/mol. The zero-order valence-corrected chi connectivity index (χ0v) is 16.0. The minimum Gasteiger partial charge on any atom is -0.305 e. The zero-order chi connectivity index (χ0) is 20.1. The smallest absolute Gasteiger partial charge is 0.305 e. The molecular weight excluding hydrogens is 383 g/mol. The Morgan fingerprint density at radius 2 is 1.96 bits per heavy atom. The summed E-state index contributed by atoms with van der Waals surface area (Å²) in [6.45, 7) is 3.90. The summed E-state index contributed by atoms with van der Waals surface area (Å²) >= 11 is 1.08. The Hall–Kier alpha value is -3.27. The molecule has 10 heteroatoms. The Morgan fingerprint density at radius 3 is 2.75 bits per heavy atom. The normalized spacial score (nSPS) is 10.5. The third-order valence-corrected chi connectivity index (χ3v) is 4.66. The third kappa shape index (κ3) is 4.71. The molecule has 0 aliphatic carbocycles. The van der Waals surface area contributed by atoms with Gasteiger partial charge in [0.2, 0.25) is 11.1 Å². The number of nitrogens with one attached hydrogen (secondary N) is 2. The fourth-order valence-electron chi connectivity index (χ4n) is 2.38. The van der Waals surface area contributed by atoms with E-state index < -0.39 is 17.8 Å². The maximum Gasteiger partial charge on any atom is 0.325 e. The van der Waals surface area contributed by atoms with Gasteiger partial charge in [0.15, 0.2) is 0 Å². The summed E-state index contributed by atoms with van der Waals surface area (Å²) in [5.41, 5.74) is 2.83.